The van der Waals surface area contributed by atoms with Gasteiger partial charge in [-0.1, -0.05) is 0 Å². The van der Waals surface area contributed by atoms with E-state index in [9.17, 15) is 26.3 Å². The zero-order valence-corrected chi connectivity index (χ0v) is 14.1. The molecular formula is C17H14F6N4O. The Bertz CT molecular complexity index is 948. The molecule has 0 bridgehead atoms. The summed E-state index contributed by atoms with van der Waals surface area (Å²) in [6.07, 6.45) is -5.52. The van der Waals surface area contributed by atoms with Crippen LogP contribution in [0.25, 0.3) is 16.9 Å². The van der Waals surface area contributed by atoms with Crippen molar-refractivity contribution in [1.29, 1.82) is 0 Å². The van der Waals surface area contributed by atoms with Gasteiger partial charge in [0.1, 0.15) is 0 Å². The quantitative estimate of drug-likeness (QED) is 0.494. The van der Waals surface area contributed by atoms with E-state index >= 15 is 0 Å². The number of aromatic nitrogens is 3. The number of rotatable bonds is 5. The number of benzene rings is 1. The van der Waals surface area contributed by atoms with E-state index in [1.165, 1.54) is 23.0 Å². The van der Waals surface area contributed by atoms with Crippen LogP contribution in [-0.4, -0.2) is 32.6 Å². The number of imidazole rings is 1. The van der Waals surface area contributed by atoms with Gasteiger partial charge < -0.3 is 10.4 Å². The molecule has 3 rings (SSSR count). The molecule has 0 amide bonds. The van der Waals surface area contributed by atoms with Crippen molar-refractivity contribution in [3.05, 3.63) is 47.9 Å². The van der Waals surface area contributed by atoms with Gasteiger partial charge >= 0.3 is 12.4 Å². The van der Waals surface area contributed by atoms with Gasteiger partial charge in [0.05, 0.1) is 23.0 Å². The highest BCUT2D eigenvalue weighted by atomic mass is 19.4. The Morgan fingerprint density at radius 3 is 2.18 bits per heavy atom. The molecule has 0 saturated heterocycles. The normalized spacial score (nSPS) is 12.5. The molecule has 2 heterocycles. The summed E-state index contributed by atoms with van der Waals surface area (Å²) in [6.45, 7) is 0.313. The van der Waals surface area contributed by atoms with Crippen molar-refractivity contribution in [2.75, 3.05) is 18.5 Å². The van der Waals surface area contributed by atoms with Crippen molar-refractivity contribution >= 4 is 11.5 Å². The van der Waals surface area contributed by atoms with Crippen molar-refractivity contribution in [3.8, 4) is 11.3 Å². The monoisotopic (exact) mass is 404 g/mol. The molecule has 0 aliphatic heterocycles. The van der Waals surface area contributed by atoms with Crippen LogP contribution < -0.4 is 5.32 Å². The predicted molar refractivity (Wildman–Crippen MR) is 88.6 cm³/mol. The highest BCUT2D eigenvalue weighted by molar-refractivity contribution is 5.71. The van der Waals surface area contributed by atoms with Gasteiger partial charge in [-0.3, -0.25) is 4.40 Å². The molecule has 2 N–H and O–H groups in total. The molecule has 0 atom stereocenters. The van der Waals surface area contributed by atoms with Crippen LogP contribution in [0.15, 0.2) is 36.8 Å². The third-order valence-electron chi connectivity index (χ3n) is 3.94. The Kier molecular flexibility index (Phi) is 5.20. The number of aliphatic hydroxyl groups is 1. The van der Waals surface area contributed by atoms with Crippen LogP contribution in [0.2, 0.25) is 0 Å². The van der Waals surface area contributed by atoms with E-state index in [0.717, 1.165) is 0 Å². The number of alkyl halides is 6. The molecule has 0 saturated carbocycles. The summed E-state index contributed by atoms with van der Waals surface area (Å²) in [5.41, 5.74) is -2.78. The molecule has 150 valence electrons. The van der Waals surface area contributed by atoms with Gasteiger partial charge in [-0.05, 0) is 24.6 Å². The number of hydrogen-bond donors (Lipinski definition) is 2. The summed E-state index contributed by atoms with van der Waals surface area (Å²) in [5.74, 6) is 0.297. The molecule has 1 aromatic carbocycles. The number of nitrogens with one attached hydrogen (secondary N) is 1. The van der Waals surface area contributed by atoms with Crippen molar-refractivity contribution in [2.24, 2.45) is 0 Å². The molecule has 0 radical (unpaired) electrons. The number of nitrogens with zero attached hydrogens (tertiary/aromatic N) is 3. The Balaban J connectivity index is 2.13. The molecule has 0 fully saturated rings. The van der Waals surface area contributed by atoms with Gasteiger partial charge in [0.15, 0.2) is 11.5 Å². The molecule has 28 heavy (non-hydrogen) atoms. The van der Waals surface area contributed by atoms with Crippen LogP contribution in [0.4, 0.5) is 32.2 Å². The maximum absolute atomic E-state index is 13.1. The smallest absolute Gasteiger partial charge is 0.396 e. The summed E-state index contributed by atoms with van der Waals surface area (Å²) >= 11 is 0. The largest absolute Gasteiger partial charge is 0.416 e. The van der Waals surface area contributed by atoms with Crippen LogP contribution >= 0.6 is 0 Å². The first kappa shape index (κ1) is 19.9. The molecule has 0 unspecified atom stereocenters. The van der Waals surface area contributed by atoms with Gasteiger partial charge in [0.2, 0.25) is 0 Å². The fourth-order valence-corrected chi connectivity index (χ4v) is 2.65. The van der Waals surface area contributed by atoms with Crippen LogP contribution in [0.5, 0.6) is 0 Å². The first-order valence-electron chi connectivity index (χ1n) is 8.08. The first-order valence-corrected chi connectivity index (χ1v) is 8.08. The molecule has 5 nitrogen and oxygen atoms in total. The topological polar surface area (TPSA) is 62.5 Å². The van der Waals surface area contributed by atoms with Gasteiger partial charge in [0, 0.05) is 31.1 Å². The standard InChI is InChI=1S/C17H14F6N4O/c18-16(19,20)11-6-10(7-12(8-11)17(21,22)23)13-9-26-15-14(24-2-1-5-28)25-3-4-27(13)15/h3-4,6-9,28H,1-2,5H2,(H,24,25). The van der Waals surface area contributed by atoms with E-state index in [-0.39, 0.29) is 29.6 Å². The average molecular weight is 404 g/mol. The zero-order valence-electron chi connectivity index (χ0n) is 14.1. The second kappa shape index (κ2) is 7.30. The van der Waals surface area contributed by atoms with Crippen LogP contribution in [0, 0.1) is 0 Å². The van der Waals surface area contributed by atoms with Crippen molar-refractivity contribution in [2.45, 2.75) is 18.8 Å². The third-order valence-corrected chi connectivity index (χ3v) is 3.94. The summed E-state index contributed by atoms with van der Waals surface area (Å²) in [6, 6.07) is 1.38. The maximum Gasteiger partial charge on any atom is 0.416 e. The molecular weight excluding hydrogens is 390 g/mol. The van der Waals surface area contributed by atoms with E-state index in [4.69, 9.17) is 5.11 Å². The summed E-state index contributed by atoms with van der Waals surface area (Å²) in [4.78, 5) is 8.13. The minimum atomic E-state index is -4.94. The first-order chi connectivity index (χ1) is 13.1. The summed E-state index contributed by atoms with van der Waals surface area (Å²) in [5, 5.41) is 11.7. The minimum Gasteiger partial charge on any atom is -0.396 e. The van der Waals surface area contributed by atoms with Crippen LogP contribution in [0.3, 0.4) is 0 Å². The highest BCUT2D eigenvalue weighted by Gasteiger charge is 2.37. The number of hydrogen-bond acceptors (Lipinski definition) is 4. The lowest BCUT2D eigenvalue weighted by Gasteiger charge is -2.14. The molecule has 2 aromatic heterocycles. The fraction of sp³-hybridized carbons (Fsp3) is 0.294. The highest BCUT2D eigenvalue weighted by Crippen LogP contribution is 2.38. The lowest BCUT2D eigenvalue weighted by Crippen LogP contribution is -2.11. The van der Waals surface area contributed by atoms with Gasteiger partial charge in [-0.25, -0.2) is 9.97 Å². The lowest BCUT2D eigenvalue weighted by atomic mass is 10.0. The SMILES string of the molecule is OCCCNc1nccn2c(-c3cc(C(F)(F)F)cc(C(F)(F)F)c3)cnc12. The average Bonchev–Trinajstić information content (AvgIpc) is 3.05. The molecule has 0 aliphatic rings. The zero-order chi connectivity index (χ0) is 20.5. The van der Waals surface area contributed by atoms with Crippen LogP contribution in [-0.2, 0) is 12.4 Å². The second-order valence-corrected chi connectivity index (χ2v) is 5.91. The van der Waals surface area contributed by atoms with E-state index in [2.05, 4.69) is 15.3 Å². The number of anilines is 1. The Morgan fingerprint density at radius 1 is 0.964 bits per heavy atom. The predicted octanol–water partition coefficient (Wildman–Crippen LogP) is 4.23. The van der Waals surface area contributed by atoms with Crippen molar-refractivity contribution in [3.63, 3.8) is 0 Å². The van der Waals surface area contributed by atoms with Crippen molar-refractivity contribution < 1.29 is 31.4 Å². The molecule has 0 aliphatic carbocycles. The van der Waals surface area contributed by atoms with Gasteiger partial charge in [-0.15, -0.1) is 0 Å². The molecule has 0 spiro atoms. The maximum atomic E-state index is 13.1. The minimum absolute atomic E-state index is 0.0548. The van der Waals surface area contributed by atoms with E-state index in [0.29, 0.717) is 30.9 Å². The number of halogens is 6. The summed E-state index contributed by atoms with van der Waals surface area (Å²) in [7, 11) is 0. The van der Waals surface area contributed by atoms with Gasteiger partial charge in [0.25, 0.3) is 0 Å². The Hall–Kier alpha value is -2.82. The number of aliphatic hydroxyl groups excluding tert-OH is 1. The molecule has 11 heteroatoms. The Labute approximate surface area is 154 Å². The van der Waals surface area contributed by atoms with E-state index in [1.807, 2.05) is 0 Å². The lowest BCUT2D eigenvalue weighted by molar-refractivity contribution is -0.143. The van der Waals surface area contributed by atoms with Crippen molar-refractivity contribution in [1.82, 2.24) is 14.4 Å². The third kappa shape index (κ3) is 4.03. The van der Waals surface area contributed by atoms with Gasteiger partial charge in [-0.2, -0.15) is 26.3 Å². The Morgan fingerprint density at radius 2 is 1.61 bits per heavy atom. The molecule has 3 aromatic rings. The second-order valence-electron chi connectivity index (χ2n) is 5.91. The number of fused-ring (bicyclic) bond motifs is 1. The van der Waals surface area contributed by atoms with Crippen LogP contribution in [0.1, 0.15) is 17.5 Å². The summed E-state index contributed by atoms with van der Waals surface area (Å²) < 4.78 is 79.9. The fourth-order valence-electron chi connectivity index (χ4n) is 2.65. The van der Waals surface area contributed by atoms with E-state index < -0.39 is 23.5 Å². The van der Waals surface area contributed by atoms with E-state index in [1.54, 1.807) is 0 Å².